The van der Waals surface area contributed by atoms with Crippen molar-refractivity contribution in [3.8, 4) is 0 Å². The first kappa shape index (κ1) is 12.3. The van der Waals surface area contributed by atoms with Crippen LogP contribution in [0.3, 0.4) is 0 Å². The molecule has 0 amide bonds. The summed E-state index contributed by atoms with van der Waals surface area (Å²) >= 11 is 0. The quantitative estimate of drug-likeness (QED) is 0.697. The monoisotopic (exact) mass is 223 g/mol. The number of rotatable bonds is 2. The molecular formula is C13H18ClN. The summed E-state index contributed by atoms with van der Waals surface area (Å²) in [5.41, 5.74) is 2.76. The Morgan fingerprint density at radius 3 is 2.47 bits per heavy atom. The lowest BCUT2D eigenvalue weighted by Gasteiger charge is -2.22. The van der Waals surface area contributed by atoms with Crippen LogP contribution in [0.2, 0.25) is 0 Å². The van der Waals surface area contributed by atoms with E-state index in [0.717, 1.165) is 13.1 Å². The zero-order valence-electron chi connectivity index (χ0n) is 9.15. The molecule has 0 aromatic heterocycles. The summed E-state index contributed by atoms with van der Waals surface area (Å²) < 4.78 is 0. The second kappa shape index (κ2) is 5.94. The highest BCUT2D eigenvalue weighted by molar-refractivity contribution is 5.85. The largest absolute Gasteiger partial charge is 0.295 e. The molecule has 0 atom stereocenters. The van der Waals surface area contributed by atoms with E-state index in [1.165, 1.54) is 24.1 Å². The van der Waals surface area contributed by atoms with Crippen molar-refractivity contribution in [1.29, 1.82) is 0 Å². The maximum atomic E-state index is 2.48. The fourth-order valence-corrected chi connectivity index (χ4v) is 1.79. The summed E-state index contributed by atoms with van der Waals surface area (Å²) in [7, 11) is 0. The van der Waals surface area contributed by atoms with Crippen LogP contribution in [0.1, 0.15) is 17.5 Å². The van der Waals surface area contributed by atoms with Crippen molar-refractivity contribution >= 4 is 12.4 Å². The number of hydrogen-bond donors (Lipinski definition) is 0. The van der Waals surface area contributed by atoms with Crippen LogP contribution in [0.15, 0.2) is 36.4 Å². The van der Waals surface area contributed by atoms with Crippen molar-refractivity contribution in [3.63, 3.8) is 0 Å². The van der Waals surface area contributed by atoms with Gasteiger partial charge in [0.1, 0.15) is 0 Å². The Morgan fingerprint density at radius 1 is 1.13 bits per heavy atom. The van der Waals surface area contributed by atoms with E-state index in [0.29, 0.717) is 0 Å². The van der Waals surface area contributed by atoms with Gasteiger partial charge in [0.05, 0.1) is 0 Å². The fraction of sp³-hybridized carbons (Fsp3) is 0.385. The lowest BCUT2D eigenvalue weighted by atomic mass is 10.1. The molecule has 0 saturated heterocycles. The first-order valence-electron chi connectivity index (χ1n) is 5.27. The van der Waals surface area contributed by atoms with E-state index in [-0.39, 0.29) is 12.4 Å². The van der Waals surface area contributed by atoms with Crippen LogP contribution in [0, 0.1) is 6.92 Å². The Hall–Kier alpha value is -0.790. The molecule has 1 aromatic rings. The summed E-state index contributed by atoms with van der Waals surface area (Å²) in [6, 6.07) is 8.84. The zero-order valence-corrected chi connectivity index (χ0v) is 9.96. The normalized spacial score (nSPS) is 16.1. The van der Waals surface area contributed by atoms with Crippen LogP contribution < -0.4 is 0 Å². The SMILES string of the molecule is Cc1ccc(CN2CC=CCC2)cc1.Cl. The second-order valence-electron chi connectivity index (χ2n) is 3.98. The topological polar surface area (TPSA) is 3.24 Å². The van der Waals surface area contributed by atoms with Gasteiger partial charge in [0.15, 0.2) is 0 Å². The highest BCUT2D eigenvalue weighted by Crippen LogP contribution is 2.09. The Morgan fingerprint density at radius 2 is 1.87 bits per heavy atom. The molecule has 2 rings (SSSR count). The van der Waals surface area contributed by atoms with E-state index in [1.807, 2.05) is 0 Å². The van der Waals surface area contributed by atoms with E-state index in [4.69, 9.17) is 0 Å². The minimum absolute atomic E-state index is 0. The van der Waals surface area contributed by atoms with Crippen LogP contribution in [0.5, 0.6) is 0 Å². The van der Waals surface area contributed by atoms with E-state index in [1.54, 1.807) is 0 Å². The number of halogens is 1. The Kier molecular flexibility index (Phi) is 4.86. The van der Waals surface area contributed by atoms with Gasteiger partial charge < -0.3 is 0 Å². The van der Waals surface area contributed by atoms with Gasteiger partial charge >= 0.3 is 0 Å². The molecule has 0 saturated carbocycles. The Balaban J connectivity index is 0.00000112. The van der Waals surface area contributed by atoms with Gasteiger partial charge in [0.2, 0.25) is 0 Å². The number of nitrogens with zero attached hydrogens (tertiary/aromatic N) is 1. The van der Waals surface area contributed by atoms with Gasteiger partial charge in [-0.1, -0.05) is 42.0 Å². The molecule has 0 aliphatic carbocycles. The molecule has 1 aliphatic rings. The molecule has 1 heterocycles. The van der Waals surface area contributed by atoms with E-state index in [9.17, 15) is 0 Å². The minimum atomic E-state index is 0. The summed E-state index contributed by atoms with van der Waals surface area (Å²) in [5, 5.41) is 0. The highest BCUT2D eigenvalue weighted by Gasteiger charge is 2.05. The van der Waals surface area contributed by atoms with E-state index < -0.39 is 0 Å². The molecule has 0 N–H and O–H groups in total. The van der Waals surface area contributed by atoms with Crippen molar-refractivity contribution in [3.05, 3.63) is 47.5 Å². The van der Waals surface area contributed by atoms with Crippen LogP contribution >= 0.6 is 12.4 Å². The van der Waals surface area contributed by atoms with E-state index >= 15 is 0 Å². The number of aryl methyl sites for hydroxylation is 1. The third-order valence-corrected chi connectivity index (χ3v) is 2.67. The lowest BCUT2D eigenvalue weighted by Crippen LogP contribution is -2.26. The molecule has 1 aromatic carbocycles. The molecule has 0 fully saturated rings. The van der Waals surface area contributed by atoms with Crippen LogP contribution in [0.4, 0.5) is 0 Å². The first-order chi connectivity index (χ1) is 6.84. The molecule has 0 bridgehead atoms. The highest BCUT2D eigenvalue weighted by atomic mass is 35.5. The summed E-state index contributed by atoms with van der Waals surface area (Å²) in [4.78, 5) is 2.48. The van der Waals surface area contributed by atoms with Crippen molar-refractivity contribution < 1.29 is 0 Å². The lowest BCUT2D eigenvalue weighted by molar-refractivity contribution is 0.291. The molecule has 0 radical (unpaired) electrons. The molecule has 1 aliphatic heterocycles. The number of hydrogen-bond acceptors (Lipinski definition) is 1. The van der Waals surface area contributed by atoms with Gasteiger partial charge in [0.25, 0.3) is 0 Å². The predicted octanol–water partition coefficient (Wildman–Crippen LogP) is 3.18. The second-order valence-corrected chi connectivity index (χ2v) is 3.98. The number of benzene rings is 1. The van der Waals surface area contributed by atoms with Gasteiger partial charge in [-0.2, -0.15) is 0 Å². The molecule has 1 nitrogen and oxygen atoms in total. The smallest absolute Gasteiger partial charge is 0.0237 e. The average Bonchev–Trinajstić information content (AvgIpc) is 2.23. The maximum Gasteiger partial charge on any atom is 0.0237 e. The third kappa shape index (κ3) is 3.69. The molecule has 0 unspecified atom stereocenters. The van der Waals surface area contributed by atoms with Crippen molar-refractivity contribution in [2.75, 3.05) is 13.1 Å². The molecule has 2 heteroatoms. The first-order valence-corrected chi connectivity index (χ1v) is 5.27. The van der Waals surface area contributed by atoms with Crippen LogP contribution in [-0.4, -0.2) is 18.0 Å². The van der Waals surface area contributed by atoms with Gasteiger partial charge in [-0.3, -0.25) is 4.90 Å². The zero-order chi connectivity index (χ0) is 9.80. The molecule has 82 valence electrons. The molecule has 0 spiro atoms. The standard InChI is InChI=1S/C13H17N.ClH/c1-12-5-7-13(8-6-12)11-14-9-3-2-4-10-14;/h2-3,5-8H,4,9-11H2,1H3;1H. The van der Waals surface area contributed by atoms with Crippen LogP contribution in [-0.2, 0) is 6.54 Å². The third-order valence-electron chi connectivity index (χ3n) is 2.67. The van der Waals surface area contributed by atoms with Crippen molar-refractivity contribution in [2.45, 2.75) is 19.9 Å². The van der Waals surface area contributed by atoms with Gasteiger partial charge in [-0.25, -0.2) is 0 Å². The van der Waals surface area contributed by atoms with Crippen molar-refractivity contribution in [1.82, 2.24) is 4.90 Å². The minimum Gasteiger partial charge on any atom is -0.295 e. The van der Waals surface area contributed by atoms with E-state index in [2.05, 4.69) is 48.2 Å². The Bertz CT molecular complexity index is 316. The summed E-state index contributed by atoms with van der Waals surface area (Å²) in [6.45, 7) is 5.52. The van der Waals surface area contributed by atoms with Gasteiger partial charge in [0, 0.05) is 19.6 Å². The fourth-order valence-electron chi connectivity index (χ4n) is 1.79. The summed E-state index contributed by atoms with van der Waals surface area (Å²) in [5.74, 6) is 0. The van der Waals surface area contributed by atoms with Crippen LogP contribution in [0.25, 0.3) is 0 Å². The maximum absolute atomic E-state index is 2.48. The average molecular weight is 224 g/mol. The molecular weight excluding hydrogens is 206 g/mol. The van der Waals surface area contributed by atoms with Gasteiger partial charge in [-0.15, -0.1) is 12.4 Å². The van der Waals surface area contributed by atoms with Gasteiger partial charge in [-0.05, 0) is 18.9 Å². The van der Waals surface area contributed by atoms with Crippen molar-refractivity contribution in [2.24, 2.45) is 0 Å². The summed E-state index contributed by atoms with van der Waals surface area (Å²) in [6.07, 6.45) is 5.73. The Labute approximate surface area is 98.2 Å². The molecule has 15 heavy (non-hydrogen) atoms. The predicted molar refractivity (Wildman–Crippen MR) is 67.5 cm³/mol.